The summed E-state index contributed by atoms with van der Waals surface area (Å²) in [6.45, 7) is 5.41. The first-order valence-corrected chi connectivity index (χ1v) is 4.54. The van der Waals surface area contributed by atoms with Crippen molar-refractivity contribution >= 4 is 5.69 Å². The van der Waals surface area contributed by atoms with Gasteiger partial charge in [-0.05, 0) is 5.92 Å². The topological polar surface area (TPSA) is 43.8 Å². The molecule has 0 aliphatic heterocycles. The monoisotopic (exact) mass is 167 g/mol. The minimum Gasteiger partial charge on any atom is -0.396 e. The highest BCUT2D eigenvalue weighted by Gasteiger charge is 2.04. The molecule has 0 atom stereocenters. The van der Waals surface area contributed by atoms with Crippen molar-refractivity contribution in [3.63, 3.8) is 0 Å². The van der Waals surface area contributed by atoms with Gasteiger partial charge in [-0.25, -0.2) is 0 Å². The van der Waals surface area contributed by atoms with Crippen molar-refractivity contribution in [2.75, 3.05) is 5.73 Å². The summed E-state index contributed by atoms with van der Waals surface area (Å²) in [6.07, 6.45) is 5.99. The number of rotatable bonds is 4. The lowest BCUT2D eigenvalue weighted by molar-refractivity contribution is 0.396. The molecule has 3 heteroatoms. The van der Waals surface area contributed by atoms with E-state index in [0.717, 1.165) is 18.2 Å². The number of nitrogen functional groups attached to an aromatic ring is 1. The van der Waals surface area contributed by atoms with Crippen molar-refractivity contribution in [1.29, 1.82) is 0 Å². The van der Waals surface area contributed by atoms with Crippen LogP contribution in [0.4, 0.5) is 5.69 Å². The summed E-state index contributed by atoms with van der Waals surface area (Å²) in [5.41, 5.74) is 6.30. The first kappa shape index (κ1) is 9.10. The molecule has 1 aromatic heterocycles. The molecule has 0 saturated heterocycles. The number of nitrogens with zero attached hydrogens (tertiary/aromatic N) is 2. The number of anilines is 1. The van der Waals surface area contributed by atoms with Crippen LogP contribution in [0, 0.1) is 5.92 Å². The quantitative estimate of drug-likeness (QED) is 0.744. The van der Waals surface area contributed by atoms with E-state index in [1.807, 2.05) is 10.9 Å². The van der Waals surface area contributed by atoms with Crippen LogP contribution in [-0.2, 0) is 6.54 Å². The standard InChI is InChI=1S/C9H17N3/c1-3-8(4-2)6-12-7-9(10)5-11-12/h5,7-8H,3-4,6,10H2,1-2H3. The van der Waals surface area contributed by atoms with Crippen LogP contribution in [0.1, 0.15) is 26.7 Å². The second kappa shape index (κ2) is 4.14. The number of hydrogen-bond acceptors (Lipinski definition) is 2. The Morgan fingerprint density at radius 1 is 1.50 bits per heavy atom. The molecule has 0 aromatic carbocycles. The maximum absolute atomic E-state index is 5.55. The van der Waals surface area contributed by atoms with Gasteiger partial charge in [-0.3, -0.25) is 4.68 Å². The molecule has 12 heavy (non-hydrogen) atoms. The molecule has 0 unspecified atom stereocenters. The molecule has 1 aromatic rings. The summed E-state index contributed by atoms with van der Waals surface area (Å²) in [6, 6.07) is 0. The molecule has 1 rings (SSSR count). The summed E-state index contributed by atoms with van der Waals surface area (Å²) in [5.74, 6) is 0.726. The minimum atomic E-state index is 0.726. The van der Waals surface area contributed by atoms with E-state index in [1.165, 1.54) is 12.8 Å². The van der Waals surface area contributed by atoms with Gasteiger partial charge in [-0.1, -0.05) is 26.7 Å². The van der Waals surface area contributed by atoms with Crippen molar-refractivity contribution in [2.24, 2.45) is 5.92 Å². The summed E-state index contributed by atoms with van der Waals surface area (Å²) in [4.78, 5) is 0. The fourth-order valence-corrected chi connectivity index (χ4v) is 1.29. The average Bonchev–Trinajstić information content (AvgIpc) is 2.47. The van der Waals surface area contributed by atoms with Crippen molar-refractivity contribution in [1.82, 2.24) is 9.78 Å². The van der Waals surface area contributed by atoms with E-state index in [-0.39, 0.29) is 0 Å². The molecule has 0 bridgehead atoms. The second-order valence-corrected chi connectivity index (χ2v) is 3.18. The van der Waals surface area contributed by atoms with Crippen LogP contribution in [0.15, 0.2) is 12.4 Å². The molecule has 0 saturated carbocycles. The van der Waals surface area contributed by atoms with Gasteiger partial charge in [0.2, 0.25) is 0 Å². The van der Waals surface area contributed by atoms with Gasteiger partial charge in [0, 0.05) is 12.7 Å². The van der Waals surface area contributed by atoms with Crippen LogP contribution in [0.2, 0.25) is 0 Å². The lowest BCUT2D eigenvalue weighted by Gasteiger charge is -2.11. The second-order valence-electron chi connectivity index (χ2n) is 3.18. The molecule has 0 amide bonds. The molecule has 0 radical (unpaired) electrons. The highest BCUT2D eigenvalue weighted by Crippen LogP contribution is 2.10. The van der Waals surface area contributed by atoms with Gasteiger partial charge >= 0.3 is 0 Å². The van der Waals surface area contributed by atoms with E-state index in [0.29, 0.717) is 0 Å². The molecule has 0 aliphatic rings. The predicted octanol–water partition coefficient (Wildman–Crippen LogP) is 1.90. The van der Waals surface area contributed by atoms with Crippen LogP contribution in [-0.4, -0.2) is 9.78 Å². The Balaban J connectivity index is 2.50. The zero-order valence-corrected chi connectivity index (χ0v) is 7.83. The summed E-state index contributed by atoms with van der Waals surface area (Å²) in [5, 5.41) is 4.14. The smallest absolute Gasteiger partial charge is 0.0719 e. The SMILES string of the molecule is CCC(CC)Cn1cc(N)cn1. The normalized spacial score (nSPS) is 10.9. The molecule has 0 spiro atoms. The van der Waals surface area contributed by atoms with Gasteiger partial charge in [0.15, 0.2) is 0 Å². The minimum absolute atomic E-state index is 0.726. The third-order valence-electron chi connectivity index (χ3n) is 2.25. The largest absolute Gasteiger partial charge is 0.396 e. The number of aromatic nitrogens is 2. The number of nitrogens with two attached hydrogens (primary N) is 1. The Morgan fingerprint density at radius 2 is 2.17 bits per heavy atom. The molecule has 0 fully saturated rings. The van der Waals surface area contributed by atoms with Crippen LogP contribution in [0.25, 0.3) is 0 Å². The third-order valence-corrected chi connectivity index (χ3v) is 2.25. The molecule has 1 heterocycles. The summed E-state index contributed by atoms with van der Waals surface area (Å²) < 4.78 is 1.92. The molecular formula is C9H17N3. The first-order valence-electron chi connectivity index (χ1n) is 4.54. The maximum Gasteiger partial charge on any atom is 0.0719 e. The van der Waals surface area contributed by atoms with Crippen LogP contribution in [0.5, 0.6) is 0 Å². The van der Waals surface area contributed by atoms with Crippen molar-refractivity contribution in [2.45, 2.75) is 33.2 Å². The Kier molecular flexibility index (Phi) is 3.14. The van der Waals surface area contributed by atoms with Crippen molar-refractivity contribution in [3.05, 3.63) is 12.4 Å². The van der Waals surface area contributed by atoms with E-state index >= 15 is 0 Å². The first-order chi connectivity index (χ1) is 5.76. The lowest BCUT2D eigenvalue weighted by Crippen LogP contribution is -2.09. The van der Waals surface area contributed by atoms with Gasteiger partial charge in [0.25, 0.3) is 0 Å². The fourth-order valence-electron chi connectivity index (χ4n) is 1.29. The average molecular weight is 167 g/mol. The van der Waals surface area contributed by atoms with Gasteiger partial charge < -0.3 is 5.73 Å². The molecule has 68 valence electrons. The molecule has 2 N–H and O–H groups in total. The van der Waals surface area contributed by atoms with Crippen molar-refractivity contribution < 1.29 is 0 Å². The summed E-state index contributed by atoms with van der Waals surface area (Å²) >= 11 is 0. The van der Waals surface area contributed by atoms with Crippen molar-refractivity contribution in [3.8, 4) is 0 Å². The molecule has 3 nitrogen and oxygen atoms in total. The summed E-state index contributed by atoms with van der Waals surface area (Å²) in [7, 11) is 0. The highest BCUT2D eigenvalue weighted by atomic mass is 15.3. The van der Waals surface area contributed by atoms with Crippen LogP contribution < -0.4 is 5.73 Å². The zero-order chi connectivity index (χ0) is 8.97. The number of hydrogen-bond donors (Lipinski definition) is 1. The van der Waals surface area contributed by atoms with Gasteiger partial charge in [-0.15, -0.1) is 0 Å². The fraction of sp³-hybridized carbons (Fsp3) is 0.667. The van der Waals surface area contributed by atoms with E-state index in [9.17, 15) is 0 Å². The Bertz CT molecular complexity index is 225. The Morgan fingerprint density at radius 3 is 2.58 bits per heavy atom. The molecular weight excluding hydrogens is 150 g/mol. The third kappa shape index (κ3) is 2.26. The predicted molar refractivity (Wildman–Crippen MR) is 50.7 cm³/mol. The van der Waals surface area contributed by atoms with Gasteiger partial charge in [0.1, 0.15) is 0 Å². The van der Waals surface area contributed by atoms with E-state index in [1.54, 1.807) is 6.20 Å². The lowest BCUT2D eigenvalue weighted by atomic mass is 10.0. The zero-order valence-electron chi connectivity index (χ0n) is 7.83. The molecule has 0 aliphatic carbocycles. The highest BCUT2D eigenvalue weighted by molar-refractivity contribution is 5.30. The maximum atomic E-state index is 5.55. The van der Waals surface area contributed by atoms with Gasteiger partial charge in [0.05, 0.1) is 11.9 Å². The van der Waals surface area contributed by atoms with Gasteiger partial charge in [-0.2, -0.15) is 5.10 Å². The van der Waals surface area contributed by atoms with Crippen LogP contribution in [0.3, 0.4) is 0 Å². The van der Waals surface area contributed by atoms with Crippen LogP contribution >= 0.6 is 0 Å². The Hall–Kier alpha value is -0.990. The van der Waals surface area contributed by atoms with E-state index < -0.39 is 0 Å². The Labute approximate surface area is 73.6 Å². The van der Waals surface area contributed by atoms with E-state index in [2.05, 4.69) is 18.9 Å². The van der Waals surface area contributed by atoms with E-state index in [4.69, 9.17) is 5.73 Å².